The van der Waals surface area contributed by atoms with Crippen LogP contribution in [-0.2, 0) is 4.74 Å². The van der Waals surface area contributed by atoms with Gasteiger partial charge in [0.05, 0.1) is 0 Å². The highest BCUT2D eigenvalue weighted by Gasteiger charge is 2.65. The van der Waals surface area contributed by atoms with Crippen LogP contribution in [0.5, 0.6) is 0 Å². The Kier molecular flexibility index (Phi) is 1.75. The van der Waals surface area contributed by atoms with Crippen molar-refractivity contribution in [1.29, 1.82) is 0 Å². The number of epoxide rings is 1. The van der Waals surface area contributed by atoms with Gasteiger partial charge in [0.25, 0.3) is 0 Å². The van der Waals surface area contributed by atoms with Crippen molar-refractivity contribution in [3.05, 3.63) is 0 Å². The Hall–Kier alpha value is -0.120. The Labute approximate surface area is 60.6 Å². The second-order valence-corrected chi connectivity index (χ2v) is 2.97. The summed E-state index contributed by atoms with van der Waals surface area (Å²) in [5.41, 5.74) is 0. The molecule has 1 aliphatic heterocycles. The lowest BCUT2D eigenvalue weighted by atomic mass is 10.1. The van der Waals surface area contributed by atoms with Crippen LogP contribution in [0.1, 0.15) is 33.1 Å². The first-order valence-corrected chi connectivity index (χ1v) is 3.67. The quantitative estimate of drug-likeness (QED) is 0.573. The van der Waals surface area contributed by atoms with Crippen LogP contribution in [0.2, 0.25) is 0 Å². The predicted octanol–water partition coefficient (Wildman–Crippen LogP) is 0.604. The van der Waals surface area contributed by atoms with E-state index in [1.54, 1.807) is 0 Å². The largest absolute Gasteiger partial charge is 0.361 e. The zero-order valence-corrected chi connectivity index (χ0v) is 6.42. The van der Waals surface area contributed by atoms with Crippen molar-refractivity contribution < 1.29 is 14.9 Å². The van der Waals surface area contributed by atoms with Crippen LogP contribution < -0.4 is 0 Å². The minimum Gasteiger partial charge on any atom is -0.361 e. The monoisotopic (exact) mass is 146 g/mol. The molecule has 2 atom stereocenters. The van der Waals surface area contributed by atoms with Gasteiger partial charge in [0.15, 0.2) is 0 Å². The normalized spacial score (nSPS) is 45.6. The van der Waals surface area contributed by atoms with E-state index in [9.17, 15) is 5.11 Å². The molecule has 0 aliphatic carbocycles. The molecule has 1 rings (SSSR count). The summed E-state index contributed by atoms with van der Waals surface area (Å²) in [5, 5.41) is 18.4. The predicted molar refractivity (Wildman–Crippen MR) is 36.2 cm³/mol. The summed E-state index contributed by atoms with van der Waals surface area (Å²) in [4.78, 5) is 0. The van der Waals surface area contributed by atoms with Crippen molar-refractivity contribution >= 4 is 0 Å². The molecule has 1 saturated heterocycles. The highest BCUT2D eigenvalue weighted by Crippen LogP contribution is 2.46. The lowest BCUT2D eigenvalue weighted by Crippen LogP contribution is -2.21. The minimum absolute atomic E-state index is 0.524. The summed E-state index contributed by atoms with van der Waals surface area (Å²) in [6.45, 7) is 3.50. The molecule has 0 spiro atoms. The minimum atomic E-state index is -1.29. The van der Waals surface area contributed by atoms with Crippen LogP contribution in [0.25, 0.3) is 0 Å². The molecule has 60 valence electrons. The Morgan fingerprint density at radius 2 is 1.90 bits per heavy atom. The van der Waals surface area contributed by atoms with Crippen LogP contribution >= 0.6 is 0 Å². The topological polar surface area (TPSA) is 53.0 Å². The molecule has 1 fully saturated rings. The van der Waals surface area contributed by atoms with Gasteiger partial charge in [-0.2, -0.15) is 0 Å². The molecule has 0 aromatic carbocycles. The van der Waals surface area contributed by atoms with Crippen LogP contribution in [0, 0.1) is 0 Å². The molecule has 1 heterocycles. The molecule has 1 aliphatic rings. The summed E-state index contributed by atoms with van der Waals surface area (Å²) < 4.78 is 4.70. The summed E-state index contributed by atoms with van der Waals surface area (Å²) >= 11 is 0. The molecule has 3 heteroatoms. The van der Waals surface area contributed by atoms with Crippen LogP contribution in [-0.4, -0.2) is 21.8 Å². The summed E-state index contributed by atoms with van der Waals surface area (Å²) in [5.74, 6) is -2.54. The Bertz CT molecular complexity index is 133. The Morgan fingerprint density at radius 1 is 1.40 bits per heavy atom. The van der Waals surface area contributed by atoms with Crippen molar-refractivity contribution in [2.24, 2.45) is 0 Å². The van der Waals surface area contributed by atoms with E-state index in [-0.39, 0.29) is 0 Å². The van der Waals surface area contributed by atoms with Gasteiger partial charge in [0.2, 0.25) is 11.6 Å². The van der Waals surface area contributed by atoms with Gasteiger partial charge in [-0.05, 0) is 13.3 Å². The fourth-order valence-corrected chi connectivity index (χ4v) is 1.00. The highest BCUT2D eigenvalue weighted by atomic mass is 16.8. The third-order valence-corrected chi connectivity index (χ3v) is 1.92. The van der Waals surface area contributed by atoms with Gasteiger partial charge in [-0.25, -0.2) is 0 Å². The molecular weight excluding hydrogens is 132 g/mol. The fraction of sp³-hybridized carbons (Fsp3) is 1.00. The van der Waals surface area contributed by atoms with E-state index in [0.29, 0.717) is 6.42 Å². The zero-order chi connectivity index (χ0) is 7.83. The maximum atomic E-state index is 9.32. The molecular formula is C7H14O3. The molecule has 10 heavy (non-hydrogen) atoms. The maximum Gasteiger partial charge on any atom is 0.223 e. The van der Waals surface area contributed by atoms with Gasteiger partial charge in [-0.3, -0.25) is 0 Å². The number of rotatable bonds is 3. The van der Waals surface area contributed by atoms with Crippen LogP contribution in [0.15, 0.2) is 0 Å². The second kappa shape index (κ2) is 2.19. The first kappa shape index (κ1) is 7.98. The molecule has 0 bridgehead atoms. The van der Waals surface area contributed by atoms with Gasteiger partial charge in [0.1, 0.15) is 0 Å². The van der Waals surface area contributed by atoms with E-state index in [0.717, 1.165) is 12.8 Å². The van der Waals surface area contributed by atoms with Gasteiger partial charge in [-0.1, -0.05) is 13.3 Å². The summed E-state index contributed by atoms with van der Waals surface area (Å²) in [6.07, 6.45) is 2.41. The van der Waals surface area contributed by atoms with E-state index in [2.05, 4.69) is 0 Å². The van der Waals surface area contributed by atoms with Gasteiger partial charge in [-0.15, -0.1) is 0 Å². The van der Waals surface area contributed by atoms with E-state index < -0.39 is 11.6 Å². The maximum absolute atomic E-state index is 9.32. The van der Waals surface area contributed by atoms with E-state index in [4.69, 9.17) is 9.84 Å². The molecule has 2 N–H and O–H groups in total. The third-order valence-electron chi connectivity index (χ3n) is 1.92. The fourth-order valence-electron chi connectivity index (χ4n) is 1.00. The molecule has 2 unspecified atom stereocenters. The molecule has 3 nitrogen and oxygen atoms in total. The summed E-state index contributed by atoms with van der Waals surface area (Å²) in [7, 11) is 0. The van der Waals surface area contributed by atoms with Crippen molar-refractivity contribution in [1.82, 2.24) is 0 Å². The standard InChI is InChI=1S/C7H14O3/c1-3-4-5-7(9)6(2,8)10-7/h8-9H,3-5H2,1-2H3. The Balaban J connectivity index is 2.30. The molecule has 0 aromatic heterocycles. The van der Waals surface area contributed by atoms with Crippen LogP contribution in [0.3, 0.4) is 0 Å². The molecule has 0 radical (unpaired) electrons. The number of ether oxygens (including phenoxy) is 1. The SMILES string of the molecule is CCCCC1(O)OC1(C)O. The first-order valence-electron chi connectivity index (χ1n) is 3.67. The zero-order valence-electron chi connectivity index (χ0n) is 6.42. The van der Waals surface area contributed by atoms with Crippen LogP contribution in [0.4, 0.5) is 0 Å². The number of aliphatic hydroxyl groups is 2. The van der Waals surface area contributed by atoms with Crippen molar-refractivity contribution in [2.75, 3.05) is 0 Å². The number of unbranched alkanes of at least 4 members (excludes halogenated alkanes) is 1. The second-order valence-electron chi connectivity index (χ2n) is 2.97. The van der Waals surface area contributed by atoms with E-state index in [1.165, 1.54) is 6.92 Å². The van der Waals surface area contributed by atoms with Crippen molar-refractivity contribution in [3.8, 4) is 0 Å². The average Bonchev–Trinajstić information content (AvgIpc) is 2.29. The highest BCUT2D eigenvalue weighted by molar-refractivity contribution is 4.96. The lowest BCUT2D eigenvalue weighted by molar-refractivity contribution is 0.0192. The van der Waals surface area contributed by atoms with Crippen molar-refractivity contribution in [2.45, 2.75) is 44.7 Å². The third kappa shape index (κ3) is 1.17. The van der Waals surface area contributed by atoms with Gasteiger partial charge >= 0.3 is 0 Å². The lowest BCUT2D eigenvalue weighted by Gasteiger charge is -2.04. The van der Waals surface area contributed by atoms with E-state index >= 15 is 0 Å². The summed E-state index contributed by atoms with van der Waals surface area (Å²) in [6, 6.07) is 0. The van der Waals surface area contributed by atoms with E-state index in [1.807, 2.05) is 6.92 Å². The van der Waals surface area contributed by atoms with Crippen molar-refractivity contribution in [3.63, 3.8) is 0 Å². The van der Waals surface area contributed by atoms with Gasteiger partial charge < -0.3 is 14.9 Å². The Morgan fingerprint density at radius 3 is 2.20 bits per heavy atom. The molecule has 0 aromatic rings. The molecule has 0 saturated carbocycles. The number of hydrogen-bond acceptors (Lipinski definition) is 3. The molecule has 0 amide bonds. The van der Waals surface area contributed by atoms with Gasteiger partial charge in [0, 0.05) is 6.42 Å². The smallest absolute Gasteiger partial charge is 0.223 e. The number of hydrogen-bond donors (Lipinski definition) is 2. The first-order chi connectivity index (χ1) is 4.52. The average molecular weight is 146 g/mol.